The van der Waals surface area contributed by atoms with Crippen molar-refractivity contribution < 1.29 is 9.53 Å². The van der Waals surface area contributed by atoms with Gasteiger partial charge in [-0.3, -0.25) is 9.78 Å². The quantitative estimate of drug-likeness (QED) is 0.886. The van der Waals surface area contributed by atoms with Crippen molar-refractivity contribution >= 4 is 5.91 Å². The highest BCUT2D eigenvalue weighted by atomic mass is 16.5. The lowest BCUT2D eigenvalue weighted by Gasteiger charge is -2.40. The van der Waals surface area contributed by atoms with Gasteiger partial charge in [0.15, 0.2) is 0 Å². The summed E-state index contributed by atoms with van der Waals surface area (Å²) >= 11 is 0. The first-order chi connectivity index (χ1) is 11.6. The molecule has 1 aromatic carbocycles. The zero-order valence-electron chi connectivity index (χ0n) is 14.3. The number of carbonyl (C=O) groups is 1. The molecular weight excluding hydrogens is 300 g/mol. The van der Waals surface area contributed by atoms with Gasteiger partial charge >= 0.3 is 0 Å². The SMILES string of the molecule is COCC1(C(=O)N[C@@H](c2ccncc2)c2ccc(C)cc2)CCC1. The van der Waals surface area contributed by atoms with E-state index >= 15 is 0 Å². The Balaban J connectivity index is 1.88. The first kappa shape index (κ1) is 16.7. The van der Waals surface area contributed by atoms with Crippen molar-refractivity contribution in [3.63, 3.8) is 0 Å². The zero-order valence-corrected chi connectivity index (χ0v) is 14.3. The summed E-state index contributed by atoms with van der Waals surface area (Å²) in [5.74, 6) is 0.0815. The summed E-state index contributed by atoms with van der Waals surface area (Å²) in [4.78, 5) is 17.0. The number of nitrogens with one attached hydrogen (secondary N) is 1. The number of pyridine rings is 1. The maximum Gasteiger partial charge on any atom is 0.229 e. The second kappa shape index (κ2) is 7.14. The topological polar surface area (TPSA) is 51.2 Å². The highest BCUT2D eigenvalue weighted by Gasteiger charge is 2.44. The molecule has 24 heavy (non-hydrogen) atoms. The largest absolute Gasteiger partial charge is 0.384 e. The van der Waals surface area contributed by atoms with Gasteiger partial charge in [0, 0.05) is 19.5 Å². The fourth-order valence-electron chi connectivity index (χ4n) is 3.27. The predicted octanol–water partition coefficient (Wildman–Crippen LogP) is 3.41. The van der Waals surface area contributed by atoms with Crippen LogP contribution in [0.4, 0.5) is 0 Å². The van der Waals surface area contributed by atoms with Crippen molar-refractivity contribution in [1.82, 2.24) is 10.3 Å². The van der Waals surface area contributed by atoms with Gasteiger partial charge in [0.05, 0.1) is 18.1 Å². The van der Waals surface area contributed by atoms with E-state index < -0.39 is 0 Å². The van der Waals surface area contributed by atoms with E-state index in [9.17, 15) is 4.79 Å². The Bertz CT molecular complexity index is 679. The monoisotopic (exact) mass is 324 g/mol. The number of aryl methyl sites for hydroxylation is 1. The molecule has 2 aromatic rings. The Kier molecular flexibility index (Phi) is 4.95. The number of benzene rings is 1. The zero-order chi connectivity index (χ0) is 17.0. The third-order valence-corrected chi connectivity index (χ3v) is 4.94. The van der Waals surface area contributed by atoms with Crippen LogP contribution in [0, 0.1) is 12.3 Å². The van der Waals surface area contributed by atoms with Gasteiger partial charge in [0.25, 0.3) is 0 Å². The minimum Gasteiger partial charge on any atom is -0.384 e. The van der Waals surface area contributed by atoms with Gasteiger partial charge in [0.1, 0.15) is 0 Å². The van der Waals surface area contributed by atoms with E-state index in [2.05, 4.69) is 41.5 Å². The molecule has 0 bridgehead atoms. The summed E-state index contributed by atoms with van der Waals surface area (Å²) < 4.78 is 5.31. The molecule has 1 aliphatic rings. The van der Waals surface area contributed by atoms with E-state index in [1.165, 1.54) is 5.56 Å². The van der Waals surface area contributed by atoms with E-state index in [-0.39, 0.29) is 17.4 Å². The molecule has 1 fully saturated rings. The van der Waals surface area contributed by atoms with Crippen LogP contribution in [0.15, 0.2) is 48.8 Å². The number of nitrogens with zero attached hydrogens (tertiary/aromatic N) is 1. The highest BCUT2D eigenvalue weighted by Crippen LogP contribution is 2.42. The number of rotatable bonds is 6. The molecule has 1 aliphatic carbocycles. The maximum atomic E-state index is 13.0. The molecule has 1 saturated carbocycles. The first-order valence-corrected chi connectivity index (χ1v) is 8.41. The van der Waals surface area contributed by atoms with E-state index in [0.717, 1.165) is 30.4 Å². The summed E-state index contributed by atoms with van der Waals surface area (Å²) in [5, 5.41) is 3.25. The number of amides is 1. The first-order valence-electron chi connectivity index (χ1n) is 8.41. The van der Waals surface area contributed by atoms with Gasteiger partial charge in [-0.1, -0.05) is 36.2 Å². The summed E-state index contributed by atoms with van der Waals surface area (Å²) in [6.07, 6.45) is 6.39. The third-order valence-electron chi connectivity index (χ3n) is 4.94. The Hall–Kier alpha value is -2.20. The minimum atomic E-state index is -0.370. The van der Waals surface area contributed by atoms with Crippen molar-refractivity contribution in [3.05, 3.63) is 65.5 Å². The summed E-state index contributed by atoms with van der Waals surface area (Å²) in [5.41, 5.74) is 2.94. The van der Waals surface area contributed by atoms with Crippen LogP contribution in [0.3, 0.4) is 0 Å². The molecular formula is C20H24N2O2. The molecule has 1 N–H and O–H groups in total. The van der Waals surface area contributed by atoms with Gasteiger partial charge in [0.2, 0.25) is 5.91 Å². The molecule has 0 aliphatic heterocycles. The summed E-state index contributed by atoms with van der Waals surface area (Å²) in [7, 11) is 1.66. The molecule has 1 aromatic heterocycles. The number of hydrogen-bond acceptors (Lipinski definition) is 3. The van der Waals surface area contributed by atoms with Crippen molar-refractivity contribution in [2.24, 2.45) is 5.41 Å². The van der Waals surface area contributed by atoms with Gasteiger partial charge in [-0.2, -0.15) is 0 Å². The summed E-state index contributed by atoms with van der Waals surface area (Å²) in [6.45, 7) is 2.54. The van der Waals surface area contributed by atoms with Crippen LogP contribution < -0.4 is 5.32 Å². The fourth-order valence-corrected chi connectivity index (χ4v) is 3.27. The van der Waals surface area contributed by atoms with Crippen LogP contribution in [0.1, 0.15) is 42.0 Å². The second-order valence-electron chi connectivity index (χ2n) is 6.66. The number of hydrogen-bond donors (Lipinski definition) is 1. The predicted molar refractivity (Wildman–Crippen MR) is 93.6 cm³/mol. The standard InChI is InChI=1S/C20H24N2O2/c1-15-4-6-16(7-5-15)18(17-8-12-21-13-9-17)22-19(23)20(14-24-2)10-3-11-20/h4-9,12-13,18H,3,10-11,14H2,1-2H3,(H,22,23)/t18-/m1/s1. The third kappa shape index (κ3) is 3.34. The minimum absolute atomic E-state index is 0.0815. The number of methoxy groups -OCH3 is 1. The number of carbonyl (C=O) groups excluding carboxylic acids is 1. The Morgan fingerprint density at radius 3 is 2.33 bits per heavy atom. The van der Waals surface area contributed by atoms with Crippen LogP contribution in [0.2, 0.25) is 0 Å². The lowest BCUT2D eigenvalue weighted by Crippen LogP contribution is -2.49. The molecule has 4 nitrogen and oxygen atoms in total. The molecule has 1 atom stereocenters. The summed E-state index contributed by atoms with van der Waals surface area (Å²) in [6, 6.07) is 12.0. The van der Waals surface area contributed by atoms with Gasteiger partial charge < -0.3 is 10.1 Å². The molecule has 1 heterocycles. The Labute approximate surface area is 143 Å². The molecule has 0 radical (unpaired) electrons. The Morgan fingerprint density at radius 1 is 1.17 bits per heavy atom. The highest BCUT2D eigenvalue weighted by molar-refractivity contribution is 5.84. The van der Waals surface area contributed by atoms with Crippen molar-refractivity contribution in [1.29, 1.82) is 0 Å². The van der Waals surface area contributed by atoms with E-state index in [0.29, 0.717) is 6.61 Å². The number of ether oxygens (including phenoxy) is 1. The van der Waals surface area contributed by atoms with Crippen LogP contribution in [0.25, 0.3) is 0 Å². The molecule has 3 rings (SSSR count). The van der Waals surface area contributed by atoms with Crippen LogP contribution in [-0.2, 0) is 9.53 Å². The van der Waals surface area contributed by atoms with Gasteiger partial charge in [-0.25, -0.2) is 0 Å². The van der Waals surface area contributed by atoms with Crippen LogP contribution in [-0.4, -0.2) is 24.6 Å². The van der Waals surface area contributed by atoms with Crippen LogP contribution in [0.5, 0.6) is 0 Å². The van der Waals surface area contributed by atoms with Crippen molar-refractivity contribution in [2.75, 3.05) is 13.7 Å². The average Bonchev–Trinajstić information content (AvgIpc) is 2.57. The van der Waals surface area contributed by atoms with Gasteiger partial charge in [-0.05, 0) is 43.0 Å². The van der Waals surface area contributed by atoms with Crippen molar-refractivity contribution in [3.8, 4) is 0 Å². The molecule has 126 valence electrons. The van der Waals surface area contributed by atoms with E-state index in [4.69, 9.17) is 4.74 Å². The molecule has 0 unspecified atom stereocenters. The van der Waals surface area contributed by atoms with Crippen molar-refractivity contribution in [2.45, 2.75) is 32.2 Å². The lowest BCUT2D eigenvalue weighted by molar-refractivity contribution is -0.141. The second-order valence-corrected chi connectivity index (χ2v) is 6.66. The van der Waals surface area contributed by atoms with Gasteiger partial charge in [-0.15, -0.1) is 0 Å². The molecule has 0 saturated heterocycles. The van der Waals surface area contributed by atoms with E-state index in [1.807, 2.05) is 12.1 Å². The average molecular weight is 324 g/mol. The van der Waals surface area contributed by atoms with Crippen LogP contribution >= 0.6 is 0 Å². The fraction of sp³-hybridized carbons (Fsp3) is 0.400. The molecule has 1 amide bonds. The molecule has 4 heteroatoms. The molecule has 0 spiro atoms. The Morgan fingerprint density at radius 2 is 1.79 bits per heavy atom. The van der Waals surface area contributed by atoms with E-state index in [1.54, 1.807) is 19.5 Å². The smallest absolute Gasteiger partial charge is 0.229 e. The number of aromatic nitrogens is 1. The lowest BCUT2D eigenvalue weighted by atomic mass is 9.68. The maximum absolute atomic E-state index is 13.0. The normalized spacial score (nSPS) is 16.9.